The van der Waals surface area contributed by atoms with Gasteiger partial charge in [-0.2, -0.15) is 0 Å². The molecule has 13 heteroatoms. The molecule has 10 N–H and O–H groups in total. The largest absolute Gasteiger partial charge is 0.508 e. The van der Waals surface area contributed by atoms with E-state index >= 15 is 0 Å². The molecule has 4 atom stereocenters. The minimum absolute atomic E-state index is 0.0306. The number of aliphatic hydroxyl groups is 1. The zero-order valence-electron chi connectivity index (χ0n) is 21.1. The number of amides is 4. The van der Waals surface area contributed by atoms with E-state index in [1.54, 1.807) is 42.5 Å². The summed E-state index contributed by atoms with van der Waals surface area (Å²) < 4.78 is 0. The number of primary amides is 1. The molecule has 2 aromatic rings. The summed E-state index contributed by atoms with van der Waals surface area (Å²) in [7, 11) is 0. The molecule has 0 radical (unpaired) electrons. The highest BCUT2D eigenvalue weighted by Crippen LogP contribution is 2.11. The van der Waals surface area contributed by atoms with Crippen LogP contribution in [0.3, 0.4) is 0 Å². The molecule has 2 aromatic carbocycles. The number of hydrogen-bond donors (Lipinski definition) is 8. The Kier molecular flexibility index (Phi) is 11.9. The molecule has 0 aliphatic heterocycles. The predicted octanol–water partition coefficient (Wildman–Crippen LogP) is -1.70. The number of carbonyl (C=O) groups excluding carboxylic acids is 4. The van der Waals surface area contributed by atoms with Gasteiger partial charge in [0.1, 0.15) is 23.9 Å². The quantitative estimate of drug-likeness (QED) is 0.128. The van der Waals surface area contributed by atoms with Crippen LogP contribution in [-0.2, 0) is 36.8 Å². The molecule has 0 bridgehead atoms. The van der Waals surface area contributed by atoms with E-state index in [1.165, 1.54) is 12.1 Å². The molecule has 0 saturated carbocycles. The van der Waals surface area contributed by atoms with Crippen LogP contribution in [0.25, 0.3) is 0 Å². The molecular weight excluding hydrogens is 510 g/mol. The van der Waals surface area contributed by atoms with E-state index < -0.39 is 60.4 Å². The van der Waals surface area contributed by atoms with Gasteiger partial charge < -0.3 is 42.7 Å². The van der Waals surface area contributed by atoms with Crippen LogP contribution in [0, 0.1) is 0 Å². The normalized spacial score (nSPS) is 13.8. The van der Waals surface area contributed by atoms with Gasteiger partial charge in [0.25, 0.3) is 0 Å². The fourth-order valence-electron chi connectivity index (χ4n) is 3.60. The van der Waals surface area contributed by atoms with Gasteiger partial charge in [-0.15, -0.1) is 0 Å². The molecule has 0 heterocycles. The number of nitrogens with one attached hydrogen (secondary N) is 3. The van der Waals surface area contributed by atoms with Gasteiger partial charge in [0, 0.05) is 12.8 Å². The summed E-state index contributed by atoms with van der Waals surface area (Å²) in [6.45, 7) is -0.900. The van der Waals surface area contributed by atoms with Crippen LogP contribution in [0.5, 0.6) is 5.75 Å². The topological polar surface area (TPSA) is 234 Å². The third-order valence-electron chi connectivity index (χ3n) is 5.75. The molecule has 0 aliphatic carbocycles. The molecule has 0 fully saturated rings. The minimum Gasteiger partial charge on any atom is -0.508 e. The maximum absolute atomic E-state index is 13.3. The second-order valence-corrected chi connectivity index (χ2v) is 8.88. The van der Waals surface area contributed by atoms with Crippen molar-refractivity contribution in [3.63, 3.8) is 0 Å². The summed E-state index contributed by atoms with van der Waals surface area (Å²) >= 11 is 0. The zero-order chi connectivity index (χ0) is 28.9. The fraction of sp³-hybridized carbons (Fsp3) is 0.346. The number of phenolic OH excluding ortho intramolecular Hbond substituents is 1. The van der Waals surface area contributed by atoms with Crippen molar-refractivity contribution in [3.8, 4) is 5.75 Å². The maximum Gasteiger partial charge on any atom is 0.328 e. The molecule has 0 spiro atoms. The third kappa shape index (κ3) is 10.4. The molecule has 2 rings (SSSR count). The lowest BCUT2D eigenvalue weighted by Crippen LogP contribution is -2.58. The Hall–Kier alpha value is -4.49. The Bertz CT molecular complexity index is 1140. The van der Waals surface area contributed by atoms with E-state index in [1.807, 2.05) is 0 Å². The van der Waals surface area contributed by atoms with Crippen molar-refractivity contribution in [3.05, 3.63) is 65.7 Å². The van der Waals surface area contributed by atoms with E-state index in [9.17, 15) is 34.2 Å². The van der Waals surface area contributed by atoms with Crippen molar-refractivity contribution >= 4 is 29.6 Å². The van der Waals surface area contributed by atoms with E-state index in [-0.39, 0.29) is 31.4 Å². The van der Waals surface area contributed by atoms with Gasteiger partial charge in [0.2, 0.25) is 23.6 Å². The van der Waals surface area contributed by atoms with Crippen LogP contribution in [0.15, 0.2) is 54.6 Å². The van der Waals surface area contributed by atoms with Gasteiger partial charge in [-0.3, -0.25) is 19.2 Å². The first-order chi connectivity index (χ1) is 18.5. The highest BCUT2D eigenvalue weighted by molar-refractivity contribution is 5.94. The van der Waals surface area contributed by atoms with E-state index in [4.69, 9.17) is 16.6 Å². The predicted molar refractivity (Wildman–Crippen MR) is 139 cm³/mol. The Morgan fingerprint density at radius 3 is 1.85 bits per heavy atom. The van der Waals surface area contributed by atoms with Crippen molar-refractivity contribution in [2.45, 2.75) is 49.9 Å². The number of hydrogen-bond acceptors (Lipinski definition) is 8. The molecule has 210 valence electrons. The standard InChI is InChI=1S/C26H33N5O8/c27-18(12-16-6-8-17(33)9-7-16)23(35)30-20(13-15-4-2-1-3-5-15)25(37)29-19(10-11-22(28)34)24(36)31-21(14-32)26(38)39/h1-9,18-21,32-33H,10-14,27H2,(H2,28,34)(H,29,37)(H,30,35)(H,31,36)(H,38,39). The lowest BCUT2D eigenvalue weighted by Gasteiger charge is -2.25. The zero-order valence-corrected chi connectivity index (χ0v) is 21.1. The number of aliphatic carboxylic acids is 1. The van der Waals surface area contributed by atoms with Gasteiger partial charge in [-0.05, 0) is 36.1 Å². The first-order valence-corrected chi connectivity index (χ1v) is 12.1. The average Bonchev–Trinajstić information content (AvgIpc) is 2.90. The SMILES string of the molecule is NC(=O)CCC(NC(=O)C(Cc1ccccc1)NC(=O)C(N)Cc1ccc(O)cc1)C(=O)NC(CO)C(=O)O. The van der Waals surface area contributed by atoms with Crippen molar-refractivity contribution < 1.29 is 39.3 Å². The van der Waals surface area contributed by atoms with Crippen molar-refractivity contribution in [1.82, 2.24) is 16.0 Å². The van der Waals surface area contributed by atoms with E-state index in [0.29, 0.717) is 11.1 Å². The van der Waals surface area contributed by atoms with E-state index in [0.717, 1.165) is 0 Å². The first kappa shape index (κ1) is 30.7. The number of carboxylic acids is 1. The Morgan fingerprint density at radius 1 is 0.744 bits per heavy atom. The van der Waals surface area contributed by atoms with Crippen LogP contribution in [-0.4, -0.2) is 75.7 Å². The summed E-state index contributed by atoms with van der Waals surface area (Å²) in [4.78, 5) is 61.5. The Morgan fingerprint density at radius 2 is 1.28 bits per heavy atom. The third-order valence-corrected chi connectivity index (χ3v) is 5.75. The molecule has 4 amide bonds. The van der Waals surface area contributed by atoms with Gasteiger partial charge in [0.05, 0.1) is 12.6 Å². The summed E-state index contributed by atoms with van der Waals surface area (Å²) in [5.74, 6) is -4.59. The molecule has 0 saturated heterocycles. The monoisotopic (exact) mass is 543 g/mol. The van der Waals surface area contributed by atoms with Crippen molar-refractivity contribution in [1.29, 1.82) is 0 Å². The van der Waals surface area contributed by atoms with Gasteiger partial charge in [0.15, 0.2) is 0 Å². The van der Waals surface area contributed by atoms with Crippen molar-refractivity contribution in [2.75, 3.05) is 6.61 Å². The number of rotatable bonds is 15. The fourth-order valence-corrected chi connectivity index (χ4v) is 3.60. The van der Waals surface area contributed by atoms with Crippen LogP contribution < -0.4 is 27.4 Å². The summed E-state index contributed by atoms with van der Waals surface area (Å²) in [5.41, 5.74) is 12.6. The minimum atomic E-state index is -1.64. The summed E-state index contributed by atoms with van der Waals surface area (Å²) in [6.07, 6.45) is -0.407. The average molecular weight is 544 g/mol. The first-order valence-electron chi connectivity index (χ1n) is 12.1. The smallest absolute Gasteiger partial charge is 0.328 e. The number of aliphatic hydroxyl groups excluding tert-OH is 1. The molecule has 0 aliphatic rings. The van der Waals surface area contributed by atoms with Crippen molar-refractivity contribution in [2.24, 2.45) is 11.5 Å². The van der Waals surface area contributed by atoms with E-state index in [2.05, 4.69) is 16.0 Å². The molecule has 4 unspecified atom stereocenters. The number of carbonyl (C=O) groups is 5. The number of phenols is 1. The lowest BCUT2D eigenvalue weighted by molar-refractivity contribution is -0.143. The lowest BCUT2D eigenvalue weighted by atomic mass is 10.0. The van der Waals surface area contributed by atoms with Crippen LogP contribution >= 0.6 is 0 Å². The van der Waals surface area contributed by atoms with Crippen LogP contribution in [0.2, 0.25) is 0 Å². The summed E-state index contributed by atoms with van der Waals surface area (Å²) in [5, 5.41) is 34.9. The second kappa shape index (κ2) is 15.1. The molecule has 0 aromatic heterocycles. The van der Waals surface area contributed by atoms with Crippen LogP contribution in [0.1, 0.15) is 24.0 Å². The molecule has 13 nitrogen and oxygen atoms in total. The highest BCUT2D eigenvalue weighted by Gasteiger charge is 2.30. The second-order valence-electron chi connectivity index (χ2n) is 8.88. The number of nitrogens with two attached hydrogens (primary N) is 2. The van der Waals surface area contributed by atoms with Gasteiger partial charge in [-0.25, -0.2) is 4.79 Å². The highest BCUT2D eigenvalue weighted by atomic mass is 16.4. The molecular formula is C26H33N5O8. The van der Waals surface area contributed by atoms with Crippen LogP contribution in [0.4, 0.5) is 0 Å². The molecule has 39 heavy (non-hydrogen) atoms. The number of benzene rings is 2. The number of carboxylic acid groups (broad SMARTS) is 1. The Labute approximate surface area is 224 Å². The maximum atomic E-state index is 13.3. The summed E-state index contributed by atoms with van der Waals surface area (Å²) in [6, 6.07) is 9.58. The Balaban J connectivity index is 2.21. The number of aromatic hydroxyl groups is 1. The van der Waals surface area contributed by atoms with Gasteiger partial charge in [-0.1, -0.05) is 42.5 Å². The van der Waals surface area contributed by atoms with Gasteiger partial charge >= 0.3 is 5.97 Å².